The first-order valence-electron chi connectivity index (χ1n) is 13.9. The average Bonchev–Trinajstić information content (AvgIpc) is 3.64. The summed E-state index contributed by atoms with van der Waals surface area (Å²) in [6, 6.07) is 12.9. The number of nitrogens with zero attached hydrogens (tertiary/aromatic N) is 7. The number of aromatic hydroxyl groups is 1. The molecule has 0 spiro atoms. The van der Waals surface area contributed by atoms with Gasteiger partial charge in [-0.3, -0.25) is 9.58 Å². The molecule has 2 bridgehead atoms. The number of aromatic amines is 1. The molecule has 5 aromatic rings. The number of hydrogen-bond donors (Lipinski definition) is 3. The molecule has 2 unspecified atom stereocenters. The molecule has 3 aliphatic heterocycles. The standard InChI is InChI=1S/C31H29FN8O2/c1-18(41)13-39-14-22(12-36-39)27-8-26-30(21(9-33)11-35-31(26)37-27)19-2-5-29(34-10-19)38-16-24-7-25(17-38)40(24)15-20-6-23(32)3-4-28(20)42/h2-6,8,10-12,14,18,24-25,41-42H,7,13,15-17H2,1H3,(H,35,37)/t18-,24?,25?/m1/s1. The minimum Gasteiger partial charge on any atom is -0.508 e. The summed E-state index contributed by atoms with van der Waals surface area (Å²) in [5.41, 5.74) is 5.00. The second-order valence-electron chi connectivity index (χ2n) is 11.2. The quantitative estimate of drug-likeness (QED) is 0.270. The number of anilines is 1. The Morgan fingerprint density at radius 3 is 2.67 bits per heavy atom. The molecule has 4 aromatic heterocycles. The van der Waals surface area contributed by atoms with E-state index >= 15 is 0 Å². The Hall–Kier alpha value is -4.79. The lowest BCUT2D eigenvalue weighted by Gasteiger charge is -2.56. The number of piperidine rings is 1. The van der Waals surface area contributed by atoms with Crippen molar-refractivity contribution in [3.05, 3.63) is 78.1 Å². The van der Waals surface area contributed by atoms with Crippen LogP contribution in [0.4, 0.5) is 10.2 Å². The van der Waals surface area contributed by atoms with Crippen LogP contribution < -0.4 is 4.90 Å². The van der Waals surface area contributed by atoms with Crippen LogP contribution in [0.1, 0.15) is 24.5 Å². The Balaban J connectivity index is 1.11. The molecule has 8 rings (SSSR count). The van der Waals surface area contributed by atoms with Gasteiger partial charge in [0.2, 0.25) is 0 Å². The molecule has 1 aromatic carbocycles. The van der Waals surface area contributed by atoms with Gasteiger partial charge in [-0.15, -0.1) is 0 Å². The number of aliphatic hydroxyl groups is 1. The van der Waals surface area contributed by atoms with Gasteiger partial charge in [-0.25, -0.2) is 14.4 Å². The van der Waals surface area contributed by atoms with Crippen molar-refractivity contribution >= 4 is 16.9 Å². The molecule has 11 heteroatoms. The molecule has 212 valence electrons. The zero-order chi connectivity index (χ0) is 29.0. The third-order valence-corrected chi connectivity index (χ3v) is 8.27. The molecule has 3 aliphatic rings. The van der Waals surface area contributed by atoms with E-state index in [0.717, 1.165) is 53.1 Å². The van der Waals surface area contributed by atoms with Gasteiger partial charge in [0.25, 0.3) is 0 Å². The summed E-state index contributed by atoms with van der Waals surface area (Å²) in [4.78, 5) is 17.2. The molecule has 3 saturated heterocycles. The smallest absolute Gasteiger partial charge is 0.138 e. The summed E-state index contributed by atoms with van der Waals surface area (Å²) >= 11 is 0. The Bertz CT molecular complexity index is 1810. The fourth-order valence-corrected chi connectivity index (χ4v) is 6.23. The number of rotatable bonds is 7. The highest BCUT2D eigenvalue weighted by molar-refractivity contribution is 5.98. The minimum atomic E-state index is -0.508. The lowest BCUT2D eigenvalue weighted by Crippen LogP contribution is -2.68. The highest BCUT2D eigenvalue weighted by Gasteiger charge is 2.44. The number of nitriles is 1. The van der Waals surface area contributed by atoms with Gasteiger partial charge in [-0.2, -0.15) is 10.4 Å². The largest absolute Gasteiger partial charge is 0.508 e. The summed E-state index contributed by atoms with van der Waals surface area (Å²) < 4.78 is 15.4. The summed E-state index contributed by atoms with van der Waals surface area (Å²) in [5, 5.41) is 34.9. The van der Waals surface area contributed by atoms with E-state index in [1.165, 1.54) is 18.2 Å². The van der Waals surface area contributed by atoms with E-state index in [1.807, 2.05) is 24.4 Å². The minimum absolute atomic E-state index is 0.124. The Morgan fingerprint density at radius 2 is 1.93 bits per heavy atom. The fourth-order valence-electron chi connectivity index (χ4n) is 6.23. The molecular formula is C31H29FN8O2. The van der Waals surface area contributed by atoms with Crippen molar-refractivity contribution in [2.75, 3.05) is 18.0 Å². The number of fused-ring (bicyclic) bond motifs is 3. The first-order valence-corrected chi connectivity index (χ1v) is 13.9. The van der Waals surface area contributed by atoms with Crippen LogP contribution in [0.3, 0.4) is 0 Å². The van der Waals surface area contributed by atoms with Crippen molar-refractivity contribution in [2.24, 2.45) is 0 Å². The third-order valence-electron chi connectivity index (χ3n) is 8.27. The van der Waals surface area contributed by atoms with Crippen LogP contribution in [0.25, 0.3) is 33.4 Å². The number of phenolic OH excluding ortho intramolecular Hbond substituents is 1. The molecule has 3 fully saturated rings. The maximum Gasteiger partial charge on any atom is 0.138 e. The van der Waals surface area contributed by atoms with Gasteiger partial charge in [0, 0.05) is 77.9 Å². The predicted molar refractivity (Wildman–Crippen MR) is 155 cm³/mol. The van der Waals surface area contributed by atoms with E-state index in [0.29, 0.717) is 41.9 Å². The molecule has 7 heterocycles. The first-order chi connectivity index (χ1) is 20.4. The molecular weight excluding hydrogens is 535 g/mol. The van der Waals surface area contributed by atoms with Crippen molar-refractivity contribution in [3.63, 3.8) is 0 Å². The van der Waals surface area contributed by atoms with Crippen molar-refractivity contribution < 1.29 is 14.6 Å². The Labute approximate surface area is 241 Å². The molecule has 3 N–H and O–H groups in total. The maximum absolute atomic E-state index is 13.7. The van der Waals surface area contributed by atoms with Crippen LogP contribution in [-0.2, 0) is 13.1 Å². The van der Waals surface area contributed by atoms with Gasteiger partial charge < -0.3 is 20.1 Å². The van der Waals surface area contributed by atoms with Crippen LogP contribution in [0, 0.1) is 17.1 Å². The highest BCUT2D eigenvalue weighted by atomic mass is 19.1. The van der Waals surface area contributed by atoms with Crippen molar-refractivity contribution in [1.82, 2.24) is 29.6 Å². The SMILES string of the molecule is C[C@@H](O)Cn1cc(-c2cc3c(-c4ccc(N5CC6CC(C5)N6Cc5cc(F)ccc5O)nc4)c(C#N)cnc3[nH]2)cn1. The number of benzene rings is 1. The molecule has 10 nitrogen and oxygen atoms in total. The third kappa shape index (κ3) is 4.64. The molecule has 0 saturated carbocycles. The van der Waals surface area contributed by atoms with Crippen LogP contribution in [-0.4, -0.2) is 71.1 Å². The topological polar surface area (TPSA) is 130 Å². The normalized spacial score (nSPS) is 19.0. The zero-order valence-corrected chi connectivity index (χ0v) is 22.9. The van der Waals surface area contributed by atoms with Gasteiger partial charge >= 0.3 is 0 Å². The number of pyridine rings is 2. The number of phenols is 1. The number of nitrogens with one attached hydrogen (secondary N) is 1. The first kappa shape index (κ1) is 26.1. The molecule has 0 radical (unpaired) electrons. The Morgan fingerprint density at radius 1 is 1.10 bits per heavy atom. The van der Waals surface area contributed by atoms with Gasteiger partial charge in [-0.05, 0) is 49.7 Å². The van der Waals surface area contributed by atoms with E-state index in [1.54, 1.807) is 30.2 Å². The monoisotopic (exact) mass is 564 g/mol. The number of halogens is 1. The average molecular weight is 565 g/mol. The molecule has 42 heavy (non-hydrogen) atoms. The van der Waals surface area contributed by atoms with E-state index in [4.69, 9.17) is 4.98 Å². The van der Waals surface area contributed by atoms with Gasteiger partial charge in [0.15, 0.2) is 0 Å². The van der Waals surface area contributed by atoms with Gasteiger partial charge in [-0.1, -0.05) is 0 Å². The van der Waals surface area contributed by atoms with Crippen molar-refractivity contribution in [1.29, 1.82) is 5.26 Å². The number of piperazine rings is 1. The van der Waals surface area contributed by atoms with E-state index in [2.05, 4.69) is 30.9 Å². The van der Waals surface area contributed by atoms with Crippen LogP contribution in [0.5, 0.6) is 5.75 Å². The number of hydrogen-bond acceptors (Lipinski definition) is 8. The van der Waals surface area contributed by atoms with Crippen LogP contribution in [0.2, 0.25) is 0 Å². The van der Waals surface area contributed by atoms with Crippen molar-refractivity contribution in [3.8, 4) is 34.2 Å². The number of aromatic nitrogens is 5. The number of H-pyrrole nitrogens is 1. The summed E-state index contributed by atoms with van der Waals surface area (Å²) in [6.07, 6.45) is 7.54. The molecule has 0 aliphatic carbocycles. The van der Waals surface area contributed by atoms with E-state index in [9.17, 15) is 19.9 Å². The molecule has 0 amide bonds. The lowest BCUT2D eigenvalue weighted by atomic mass is 9.86. The number of aliphatic hydroxyl groups excluding tert-OH is 1. The zero-order valence-electron chi connectivity index (χ0n) is 22.9. The summed E-state index contributed by atoms with van der Waals surface area (Å²) in [5.74, 6) is 0.648. The summed E-state index contributed by atoms with van der Waals surface area (Å²) in [7, 11) is 0. The maximum atomic E-state index is 13.7. The van der Waals surface area contributed by atoms with E-state index in [-0.39, 0.29) is 11.6 Å². The highest BCUT2D eigenvalue weighted by Crippen LogP contribution is 2.38. The summed E-state index contributed by atoms with van der Waals surface area (Å²) in [6.45, 7) is 4.23. The van der Waals surface area contributed by atoms with Gasteiger partial charge in [0.1, 0.15) is 29.1 Å². The second-order valence-corrected chi connectivity index (χ2v) is 11.2. The van der Waals surface area contributed by atoms with Crippen LogP contribution in [0.15, 0.2) is 61.2 Å². The molecule has 3 atom stereocenters. The van der Waals surface area contributed by atoms with Crippen LogP contribution >= 0.6 is 0 Å². The van der Waals surface area contributed by atoms with Crippen molar-refractivity contribution in [2.45, 2.75) is 44.6 Å². The predicted octanol–water partition coefficient (Wildman–Crippen LogP) is 4.05. The lowest BCUT2D eigenvalue weighted by molar-refractivity contribution is -0.00921. The van der Waals surface area contributed by atoms with E-state index < -0.39 is 6.10 Å². The van der Waals surface area contributed by atoms with Gasteiger partial charge in [0.05, 0.1) is 30.1 Å². The Kier molecular flexibility index (Phi) is 6.37. The fraction of sp³-hybridized carbons (Fsp3) is 0.290. The second kappa shape index (κ2) is 10.2.